The smallest absolute Gasteiger partial charge is 0.416 e. The van der Waals surface area contributed by atoms with Gasteiger partial charge in [0.1, 0.15) is 17.4 Å². The molecule has 1 aliphatic rings. The van der Waals surface area contributed by atoms with E-state index in [4.69, 9.17) is 0 Å². The molecule has 0 saturated carbocycles. The minimum atomic E-state index is -4.81. The molecule has 47 heavy (non-hydrogen) atoms. The van der Waals surface area contributed by atoms with Crippen LogP contribution in [0.4, 0.5) is 28.0 Å². The Bertz CT molecular complexity index is 1890. The Morgan fingerprint density at radius 2 is 1.60 bits per heavy atom. The molecule has 3 aromatic rings. The van der Waals surface area contributed by atoms with Gasteiger partial charge >= 0.3 is 18.2 Å². The van der Waals surface area contributed by atoms with Crippen LogP contribution in [0.25, 0.3) is 0 Å². The van der Waals surface area contributed by atoms with Gasteiger partial charge in [-0.15, -0.1) is 0 Å². The number of urea groups is 1. The van der Waals surface area contributed by atoms with E-state index in [9.17, 15) is 53.9 Å². The molecule has 2 atom stereocenters. The molecule has 1 unspecified atom stereocenters. The third-order valence-electron chi connectivity index (χ3n) is 7.42. The molecule has 1 heterocycles. The lowest BCUT2D eigenvalue weighted by Gasteiger charge is -2.34. The van der Waals surface area contributed by atoms with Crippen molar-refractivity contribution in [2.24, 2.45) is 0 Å². The highest BCUT2D eigenvalue weighted by atomic mass is 32.2. The zero-order valence-electron chi connectivity index (χ0n) is 24.4. The van der Waals surface area contributed by atoms with E-state index in [0.717, 1.165) is 40.7 Å². The van der Waals surface area contributed by atoms with Crippen LogP contribution in [0.2, 0.25) is 0 Å². The van der Waals surface area contributed by atoms with E-state index in [0.29, 0.717) is 17.7 Å². The molecule has 0 aromatic heterocycles. The van der Waals surface area contributed by atoms with Crippen molar-refractivity contribution in [1.82, 2.24) is 14.3 Å². The zero-order chi connectivity index (χ0) is 34.8. The highest BCUT2D eigenvalue weighted by molar-refractivity contribution is 7.90. The number of benzene rings is 3. The molecule has 0 aliphatic carbocycles. The summed E-state index contributed by atoms with van der Waals surface area (Å²) < 4.78 is 107. The Morgan fingerprint density at radius 3 is 2.19 bits per heavy atom. The van der Waals surface area contributed by atoms with Crippen molar-refractivity contribution >= 4 is 43.6 Å². The quantitative estimate of drug-likeness (QED) is 0.231. The molecule has 0 radical (unpaired) electrons. The van der Waals surface area contributed by atoms with Crippen LogP contribution in [0.5, 0.6) is 0 Å². The van der Waals surface area contributed by atoms with Crippen LogP contribution >= 0.6 is 0 Å². The van der Waals surface area contributed by atoms with Gasteiger partial charge < -0.3 is 15.7 Å². The SMILES string of the molecule is C[C@@]1(C(=O)NC(Cc2ccc(NC(=O)NS(=O)(=O)c3ccc(F)cc3)cc2)C(=O)O)CCCN1S(=O)(=O)c1cccc(C(F)(F)F)c1. The molecule has 252 valence electrons. The summed E-state index contributed by atoms with van der Waals surface area (Å²) in [7, 11) is -8.91. The Morgan fingerprint density at radius 1 is 0.957 bits per heavy atom. The topological polar surface area (TPSA) is 179 Å². The average Bonchev–Trinajstić information content (AvgIpc) is 3.41. The maximum atomic E-state index is 13.4. The summed E-state index contributed by atoms with van der Waals surface area (Å²) in [5.41, 5.74) is -2.53. The lowest BCUT2D eigenvalue weighted by molar-refractivity contribution is -0.143. The van der Waals surface area contributed by atoms with E-state index < -0.39 is 72.0 Å². The molecule has 1 aliphatic heterocycles. The van der Waals surface area contributed by atoms with Crippen molar-refractivity contribution in [3.63, 3.8) is 0 Å². The van der Waals surface area contributed by atoms with Gasteiger partial charge in [0.25, 0.3) is 10.0 Å². The number of carboxylic acid groups (broad SMARTS) is 1. The molecule has 18 heteroatoms. The predicted molar refractivity (Wildman–Crippen MR) is 158 cm³/mol. The van der Waals surface area contributed by atoms with E-state index in [1.807, 2.05) is 0 Å². The number of hydrogen-bond acceptors (Lipinski definition) is 7. The van der Waals surface area contributed by atoms with Gasteiger partial charge in [0.05, 0.1) is 15.4 Å². The minimum Gasteiger partial charge on any atom is -0.480 e. The van der Waals surface area contributed by atoms with Crippen molar-refractivity contribution in [1.29, 1.82) is 0 Å². The summed E-state index contributed by atoms with van der Waals surface area (Å²) >= 11 is 0. The summed E-state index contributed by atoms with van der Waals surface area (Å²) in [6.07, 6.45) is -4.93. The highest BCUT2D eigenvalue weighted by Crippen LogP contribution is 2.37. The molecular formula is C29H28F4N4O8S2. The van der Waals surface area contributed by atoms with Crippen molar-refractivity contribution in [2.45, 2.75) is 53.7 Å². The van der Waals surface area contributed by atoms with Gasteiger partial charge in [0.2, 0.25) is 15.9 Å². The average molecular weight is 701 g/mol. The number of halogens is 4. The first-order chi connectivity index (χ1) is 21.8. The molecule has 3 amide bonds. The molecule has 1 fully saturated rings. The van der Waals surface area contributed by atoms with E-state index in [2.05, 4.69) is 10.6 Å². The van der Waals surface area contributed by atoms with E-state index in [1.165, 1.54) is 31.2 Å². The lowest BCUT2D eigenvalue weighted by atomic mass is 9.97. The highest BCUT2D eigenvalue weighted by Gasteiger charge is 2.50. The number of carbonyl (C=O) groups excluding carboxylic acids is 2. The Hall–Kier alpha value is -4.55. The molecule has 3 aromatic carbocycles. The predicted octanol–water partition coefficient (Wildman–Crippen LogP) is 3.71. The van der Waals surface area contributed by atoms with Crippen LogP contribution in [0.3, 0.4) is 0 Å². The van der Waals surface area contributed by atoms with Gasteiger partial charge in [-0.05, 0) is 79.9 Å². The van der Waals surface area contributed by atoms with E-state index in [-0.39, 0.29) is 36.4 Å². The Kier molecular flexibility index (Phi) is 9.98. The second-order valence-corrected chi connectivity index (χ2v) is 14.3. The normalized spacial score (nSPS) is 17.9. The summed E-state index contributed by atoms with van der Waals surface area (Å²) in [4.78, 5) is 36.7. The van der Waals surface area contributed by atoms with Crippen LogP contribution in [0.1, 0.15) is 30.9 Å². The van der Waals surface area contributed by atoms with Crippen LogP contribution in [0.15, 0.2) is 82.6 Å². The van der Waals surface area contributed by atoms with Gasteiger partial charge in [-0.1, -0.05) is 18.2 Å². The maximum Gasteiger partial charge on any atom is 0.416 e. The van der Waals surface area contributed by atoms with Crippen molar-refractivity contribution < 1.29 is 53.9 Å². The fourth-order valence-corrected chi connectivity index (χ4v) is 7.70. The standard InChI is InChI=1S/C29H28F4N4O8S2/c1-28(14-3-15-37(28)47(44,45)23-5-2-4-19(17-23)29(31,32)33)26(40)35-24(25(38)39)16-18-6-10-21(11-7-18)34-27(41)36-46(42,43)22-12-8-20(30)9-13-22/h2,4-13,17,24H,3,14-16H2,1H3,(H,35,40)(H,38,39)(H2,34,36,41)/t24?,28-/m0/s1. The molecule has 4 rings (SSSR count). The monoisotopic (exact) mass is 700 g/mol. The number of alkyl halides is 3. The number of rotatable bonds is 10. The summed E-state index contributed by atoms with van der Waals surface area (Å²) in [6.45, 7) is 1.08. The minimum absolute atomic E-state index is 0.0251. The van der Waals surface area contributed by atoms with Crippen LogP contribution in [-0.2, 0) is 42.2 Å². The number of aliphatic carboxylic acids is 1. The van der Waals surface area contributed by atoms with Crippen molar-refractivity contribution in [3.8, 4) is 0 Å². The zero-order valence-corrected chi connectivity index (χ0v) is 26.0. The van der Waals surface area contributed by atoms with E-state index in [1.54, 1.807) is 4.72 Å². The Labute approximate surface area is 266 Å². The summed E-state index contributed by atoms with van der Waals surface area (Å²) in [6, 6.07) is 9.63. The van der Waals surface area contributed by atoms with Gasteiger partial charge in [-0.3, -0.25) is 4.79 Å². The van der Waals surface area contributed by atoms with Crippen LogP contribution in [-0.4, -0.2) is 62.3 Å². The van der Waals surface area contributed by atoms with Gasteiger partial charge in [0.15, 0.2) is 0 Å². The van der Waals surface area contributed by atoms with Gasteiger partial charge in [0, 0.05) is 18.7 Å². The Balaban J connectivity index is 1.43. The first kappa shape index (κ1) is 35.3. The third kappa shape index (κ3) is 8.06. The second-order valence-electron chi connectivity index (χ2n) is 10.8. The fraction of sp³-hybridized carbons (Fsp3) is 0.276. The largest absolute Gasteiger partial charge is 0.480 e. The number of sulfonamides is 2. The van der Waals surface area contributed by atoms with E-state index >= 15 is 0 Å². The molecule has 12 nitrogen and oxygen atoms in total. The maximum absolute atomic E-state index is 13.4. The second kappa shape index (κ2) is 13.3. The molecule has 0 spiro atoms. The number of amides is 3. The van der Waals surface area contributed by atoms with Crippen LogP contribution < -0.4 is 15.4 Å². The van der Waals surface area contributed by atoms with Gasteiger partial charge in [-0.25, -0.2) is 35.5 Å². The summed E-state index contributed by atoms with van der Waals surface area (Å²) in [5.74, 6) is -3.09. The first-order valence-electron chi connectivity index (χ1n) is 13.8. The van der Waals surface area contributed by atoms with Crippen LogP contribution in [0, 0.1) is 5.82 Å². The first-order valence-corrected chi connectivity index (χ1v) is 16.7. The number of carbonyl (C=O) groups is 3. The van der Waals surface area contributed by atoms with Gasteiger partial charge in [-0.2, -0.15) is 17.5 Å². The number of anilines is 1. The summed E-state index contributed by atoms with van der Waals surface area (Å²) in [5, 5.41) is 14.4. The fourth-order valence-electron chi connectivity index (χ4n) is 4.94. The molecule has 0 bridgehead atoms. The third-order valence-corrected chi connectivity index (χ3v) is 10.8. The molecule has 4 N–H and O–H groups in total. The number of hydrogen-bond donors (Lipinski definition) is 4. The lowest BCUT2D eigenvalue weighted by Crippen LogP contribution is -2.58. The molecule has 1 saturated heterocycles. The molecular weight excluding hydrogens is 672 g/mol. The number of nitrogens with one attached hydrogen (secondary N) is 3. The number of nitrogens with zero attached hydrogens (tertiary/aromatic N) is 1. The van der Waals surface area contributed by atoms with Crippen molar-refractivity contribution in [3.05, 3.63) is 89.7 Å². The number of carboxylic acids is 1. The van der Waals surface area contributed by atoms with Crippen molar-refractivity contribution in [2.75, 3.05) is 11.9 Å².